The molecule has 0 radical (unpaired) electrons. The zero-order valence-corrected chi connectivity index (χ0v) is 10.9. The predicted molar refractivity (Wildman–Crippen MR) is 79.3 cm³/mol. The highest BCUT2D eigenvalue weighted by Crippen LogP contribution is 2.26. The van der Waals surface area contributed by atoms with Crippen molar-refractivity contribution in [3.63, 3.8) is 0 Å². The number of rotatable bonds is 0. The van der Waals surface area contributed by atoms with E-state index >= 15 is 0 Å². The van der Waals surface area contributed by atoms with Gasteiger partial charge in [-0.1, -0.05) is 30.3 Å². The molecule has 2 aromatic carbocycles. The minimum atomic E-state index is 0.940. The van der Waals surface area contributed by atoms with Crippen molar-refractivity contribution < 1.29 is 0 Å². The van der Waals surface area contributed by atoms with Crippen LogP contribution in [0.25, 0.3) is 10.9 Å². The van der Waals surface area contributed by atoms with Crippen LogP contribution in [-0.4, -0.2) is 10.4 Å². The Morgan fingerprint density at radius 1 is 0.947 bits per heavy atom. The Bertz CT molecular complexity index is 789. The maximum Gasteiger partial charge on any atom is 0.166 e. The summed E-state index contributed by atoms with van der Waals surface area (Å²) in [6.45, 7) is 0. The number of para-hydroxylation sites is 1. The van der Waals surface area contributed by atoms with Crippen molar-refractivity contribution in [2.24, 2.45) is 5.10 Å². The van der Waals surface area contributed by atoms with Gasteiger partial charge in [-0.15, -0.1) is 5.10 Å². The van der Waals surface area contributed by atoms with Crippen LogP contribution < -0.4 is 4.83 Å². The molecule has 2 heterocycles. The minimum absolute atomic E-state index is 0.940. The largest absolute Gasteiger partial charge is 0.299 e. The van der Waals surface area contributed by atoms with Crippen LogP contribution >= 0.6 is 11.9 Å². The molecule has 0 fully saturated rings. The quantitative estimate of drug-likeness (QED) is 0.631. The maximum atomic E-state index is 4.46. The van der Waals surface area contributed by atoms with Crippen LogP contribution in [0.3, 0.4) is 0 Å². The van der Waals surface area contributed by atoms with Crippen LogP contribution in [0.5, 0.6) is 0 Å². The summed E-state index contributed by atoms with van der Waals surface area (Å²) in [6, 6.07) is 18.8. The van der Waals surface area contributed by atoms with E-state index in [1.165, 1.54) is 15.8 Å². The second-order valence-corrected chi connectivity index (χ2v) is 5.20. The summed E-state index contributed by atoms with van der Waals surface area (Å²) < 4.78 is 2.13. The van der Waals surface area contributed by atoms with E-state index in [1.54, 1.807) is 11.9 Å². The topological polar surface area (TPSA) is 29.3 Å². The lowest BCUT2D eigenvalue weighted by Crippen LogP contribution is -2.20. The van der Waals surface area contributed by atoms with Gasteiger partial charge in [0.25, 0.3) is 0 Å². The SMILES string of the molecule is c1ccc2c(c1)SNN=C2n1ccc2ccccc21. The van der Waals surface area contributed by atoms with E-state index in [-0.39, 0.29) is 0 Å². The van der Waals surface area contributed by atoms with E-state index in [4.69, 9.17) is 0 Å². The van der Waals surface area contributed by atoms with Gasteiger partial charge >= 0.3 is 0 Å². The fourth-order valence-electron chi connectivity index (χ4n) is 2.37. The number of hydrogen-bond acceptors (Lipinski definition) is 3. The van der Waals surface area contributed by atoms with Crippen molar-refractivity contribution in [1.82, 2.24) is 9.40 Å². The van der Waals surface area contributed by atoms with E-state index in [9.17, 15) is 0 Å². The Morgan fingerprint density at radius 3 is 2.79 bits per heavy atom. The van der Waals surface area contributed by atoms with E-state index < -0.39 is 0 Å². The molecule has 1 aromatic heterocycles. The van der Waals surface area contributed by atoms with Gasteiger partial charge in [0.1, 0.15) is 0 Å². The van der Waals surface area contributed by atoms with E-state index in [1.807, 2.05) is 12.1 Å². The van der Waals surface area contributed by atoms with Gasteiger partial charge in [-0.05, 0) is 29.7 Å². The summed E-state index contributed by atoms with van der Waals surface area (Å²) in [4.78, 5) is 4.23. The van der Waals surface area contributed by atoms with Crippen LogP contribution in [-0.2, 0) is 0 Å². The molecule has 1 N–H and O–H groups in total. The summed E-state index contributed by atoms with van der Waals surface area (Å²) in [5.41, 5.74) is 2.33. The summed E-state index contributed by atoms with van der Waals surface area (Å²) >= 11 is 1.54. The molecule has 3 aromatic rings. The first kappa shape index (κ1) is 10.7. The second kappa shape index (κ2) is 4.17. The van der Waals surface area contributed by atoms with Gasteiger partial charge < -0.3 is 0 Å². The molecule has 4 rings (SSSR count). The molecule has 0 unspecified atom stereocenters. The fraction of sp³-hybridized carbons (Fsp3) is 0. The zero-order valence-electron chi connectivity index (χ0n) is 10.1. The lowest BCUT2D eigenvalue weighted by atomic mass is 10.2. The Balaban J connectivity index is 1.96. The molecule has 4 heteroatoms. The van der Waals surface area contributed by atoms with Gasteiger partial charge in [0.2, 0.25) is 0 Å². The molecule has 0 aliphatic carbocycles. The molecule has 0 atom stereocenters. The number of benzene rings is 2. The molecule has 0 amide bonds. The number of hydrazone groups is 1. The molecular formula is C15H11N3S. The average Bonchev–Trinajstić information content (AvgIpc) is 2.90. The summed E-state index contributed by atoms with van der Waals surface area (Å²) in [5.74, 6) is 0.940. The minimum Gasteiger partial charge on any atom is -0.299 e. The molecule has 0 bridgehead atoms. The first-order valence-corrected chi connectivity index (χ1v) is 6.90. The molecule has 1 aliphatic rings. The van der Waals surface area contributed by atoms with Gasteiger partial charge in [0.15, 0.2) is 5.84 Å². The first-order chi connectivity index (χ1) is 9.43. The molecular weight excluding hydrogens is 254 g/mol. The van der Waals surface area contributed by atoms with Gasteiger partial charge in [-0.3, -0.25) is 4.57 Å². The highest BCUT2D eigenvalue weighted by molar-refractivity contribution is 7.97. The highest BCUT2D eigenvalue weighted by atomic mass is 32.2. The normalized spacial score (nSPS) is 13.8. The van der Waals surface area contributed by atoms with Crippen LogP contribution in [0.1, 0.15) is 5.56 Å². The molecule has 0 spiro atoms. The van der Waals surface area contributed by atoms with Crippen LogP contribution in [0.15, 0.2) is 70.8 Å². The lowest BCUT2D eigenvalue weighted by Gasteiger charge is -2.17. The molecule has 1 aliphatic heterocycles. The number of aromatic nitrogens is 1. The molecule has 0 saturated heterocycles. The second-order valence-electron chi connectivity index (χ2n) is 4.37. The van der Waals surface area contributed by atoms with Crippen molar-refractivity contribution in [1.29, 1.82) is 0 Å². The van der Waals surface area contributed by atoms with Crippen molar-refractivity contribution in [2.75, 3.05) is 0 Å². The average molecular weight is 265 g/mol. The Hall–Kier alpha value is -2.20. The van der Waals surface area contributed by atoms with Gasteiger partial charge in [0.05, 0.1) is 5.52 Å². The van der Waals surface area contributed by atoms with Crippen molar-refractivity contribution in [3.8, 4) is 0 Å². The van der Waals surface area contributed by atoms with E-state index in [0.29, 0.717) is 0 Å². The Labute approximate surface area is 115 Å². The monoisotopic (exact) mass is 265 g/mol. The molecule has 92 valence electrons. The van der Waals surface area contributed by atoms with Gasteiger partial charge in [0, 0.05) is 28.6 Å². The summed E-state index contributed by atoms with van der Waals surface area (Å²) in [6.07, 6.45) is 2.07. The molecule has 0 saturated carbocycles. The van der Waals surface area contributed by atoms with E-state index in [0.717, 1.165) is 11.4 Å². The van der Waals surface area contributed by atoms with Gasteiger partial charge in [-0.2, -0.15) is 0 Å². The molecule has 19 heavy (non-hydrogen) atoms. The van der Waals surface area contributed by atoms with Crippen LogP contribution in [0.4, 0.5) is 0 Å². The third-order valence-corrected chi connectivity index (χ3v) is 4.02. The maximum absolute atomic E-state index is 4.46. The summed E-state index contributed by atoms with van der Waals surface area (Å²) in [7, 11) is 0. The number of nitrogens with one attached hydrogen (secondary N) is 1. The Morgan fingerprint density at radius 2 is 1.79 bits per heavy atom. The van der Waals surface area contributed by atoms with Crippen LogP contribution in [0.2, 0.25) is 0 Å². The Kier molecular flexibility index (Phi) is 2.35. The standard InChI is InChI=1S/C15H11N3S/c1-3-7-13-11(5-1)9-10-18(13)15-12-6-2-4-8-14(12)19-17-16-15/h1-10,17H. The number of nitrogens with zero attached hydrogens (tertiary/aromatic N) is 2. The van der Waals surface area contributed by atoms with Crippen molar-refractivity contribution in [3.05, 3.63) is 66.4 Å². The third kappa shape index (κ3) is 1.64. The first-order valence-electron chi connectivity index (χ1n) is 6.09. The zero-order chi connectivity index (χ0) is 12.7. The number of hydrogen-bond donors (Lipinski definition) is 1. The molecule has 3 nitrogen and oxygen atoms in total. The highest BCUT2D eigenvalue weighted by Gasteiger charge is 2.17. The van der Waals surface area contributed by atoms with Crippen molar-refractivity contribution in [2.45, 2.75) is 4.90 Å². The number of fused-ring (bicyclic) bond motifs is 2. The third-order valence-electron chi connectivity index (χ3n) is 3.26. The van der Waals surface area contributed by atoms with Crippen molar-refractivity contribution >= 4 is 28.7 Å². The lowest BCUT2D eigenvalue weighted by molar-refractivity contribution is 1.03. The summed E-state index contributed by atoms with van der Waals surface area (Å²) in [5, 5.41) is 5.68. The fourth-order valence-corrected chi connectivity index (χ4v) is 3.01. The van der Waals surface area contributed by atoms with Crippen LogP contribution in [0, 0.1) is 0 Å². The van der Waals surface area contributed by atoms with E-state index in [2.05, 4.69) is 63.2 Å². The predicted octanol–water partition coefficient (Wildman–Crippen LogP) is 3.46. The van der Waals surface area contributed by atoms with Gasteiger partial charge in [-0.25, -0.2) is 4.83 Å². The smallest absolute Gasteiger partial charge is 0.166 e.